The first-order chi connectivity index (χ1) is 9.02. The summed E-state index contributed by atoms with van der Waals surface area (Å²) in [5.74, 6) is -0.0811. The number of likely N-dealkylation sites (N-methyl/N-ethyl adjacent to an activating group) is 1. The molecule has 0 saturated carbocycles. The Balaban J connectivity index is 0.00000200. The van der Waals surface area contributed by atoms with E-state index in [0.717, 1.165) is 17.0 Å². The van der Waals surface area contributed by atoms with Crippen LogP contribution < -0.4 is 16.2 Å². The second-order valence-electron chi connectivity index (χ2n) is 4.38. The third-order valence-electron chi connectivity index (χ3n) is 3.00. The van der Waals surface area contributed by atoms with E-state index in [1.807, 2.05) is 13.8 Å². The standard InChI is InChI=1S/C12H17N5O2.2ClH/c1-7-9(5-14-12(19)6-13-3)8(2)17-10(15-7)4-11(18)16-17;;/h4,13H,5-6H2,1-3H3,(H,14,19)(H,16,18);2*1H. The third kappa shape index (κ3) is 4.20. The first kappa shape index (κ1) is 19.4. The van der Waals surface area contributed by atoms with Crippen molar-refractivity contribution in [3.8, 4) is 0 Å². The minimum Gasteiger partial charge on any atom is -0.351 e. The number of carbonyl (C=O) groups excluding carboxylic acids is 1. The van der Waals surface area contributed by atoms with Gasteiger partial charge < -0.3 is 10.6 Å². The molecule has 3 N–H and O–H groups in total. The number of carbonyl (C=O) groups is 1. The number of fused-ring (bicyclic) bond motifs is 1. The van der Waals surface area contributed by atoms with E-state index in [1.54, 1.807) is 11.6 Å². The zero-order valence-electron chi connectivity index (χ0n) is 12.0. The van der Waals surface area contributed by atoms with Gasteiger partial charge in [0.1, 0.15) is 0 Å². The first-order valence-corrected chi connectivity index (χ1v) is 6.02. The number of rotatable bonds is 4. The molecule has 21 heavy (non-hydrogen) atoms. The van der Waals surface area contributed by atoms with Gasteiger partial charge in [-0.05, 0) is 20.9 Å². The van der Waals surface area contributed by atoms with Crippen LogP contribution in [0.25, 0.3) is 5.65 Å². The molecule has 0 bridgehead atoms. The number of H-pyrrole nitrogens is 1. The van der Waals surface area contributed by atoms with Crippen LogP contribution in [0.4, 0.5) is 0 Å². The van der Waals surface area contributed by atoms with Crippen molar-refractivity contribution in [2.45, 2.75) is 20.4 Å². The van der Waals surface area contributed by atoms with Crippen molar-refractivity contribution < 1.29 is 4.79 Å². The number of aromatic nitrogens is 3. The summed E-state index contributed by atoms with van der Waals surface area (Å²) in [5.41, 5.74) is 2.98. The van der Waals surface area contributed by atoms with Crippen LogP contribution in [0.5, 0.6) is 0 Å². The Morgan fingerprint density at radius 1 is 1.38 bits per heavy atom. The highest BCUT2D eigenvalue weighted by Crippen LogP contribution is 2.12. The molecule has 0 spiro atoms. The highest BCUT2D eigenvalue weighted by molar-refractivity contribution is 5.85. The van der Waals surface area contributed by atoms with Gasteiger partial charge in [-0.3, -0.25) is 14.7 Å². The van der Waals surface area contributed by atoms with Gasteiger partial charge in [0.2, 0.25) is 5.91 Å². The van der Waals surface area contributed by atoms with Crippen LogP contribution in [-0.4, -0.2) is 34.1 Å². The van der Waals surface area contributed by atoms with Gasteiger partial charge >= 0.3 is 0 Å². The second-order valence-corrected chi connectivity index (χ2v) is 4.38. The van der Waals surface area contributed by atoms with Crippen LogP contribution in [0, 0.1) is 13.8 Å². The number of amides is 1. The normalized spacial score (nSPS) is 9.86. The number of hydrogen-bond acceptors (Lipinski definition) is 4. The lowest BCUT2D eigenvalue weighted by Gasteiger charge is -2.12. The number of halogens is 2. The van der Waals surface area contributed by atoms with E-state index in [4.69, 9.17) is 0 Å². The maximum absolute atomic E-state index is 11.4. The van der Waals surface area contributed by atoms with Crippen molar-refractivity contribution >= 4 is 36.4 Å². The molecule has 0 aliphatic heterocycles. The van der Waals surface area contributed by atoms with Crippen molar-refractivity contribution in [1.29, 1.82) is 0 Å². The summed E-state index contributed by atoms with van der Waals surface area (Å²) >= 11 is 0. The van der Waals surface area contributed by atoms with E-state index in [1.165, 1.54) is 6.07 Å². The molecule has 2 rings (SSSR count). The molecule has 9 heteroatoms. The number of aryl methyl sites for hydroxylation is 2. The number of nitrogens with zero attached hydrogens (tertiary/aromatic N) is 2. The molecule has 1 amide bonds. The van der Waals surface area contributed by atoms with Gasteiger partial charge in [0, 0.05) is 29.6 Å². The highest BCUT2D eigenvalue weighted by atomic mass is 35.5. The molecule has 0 unspecified atom stereocenters. The SMILES string of the molecule is CNCC(=O)NCc1c(C)nc2cc(=O)[nH]n2c1C.Cl.Cl. The topological polar surface area (TPSA) is 91.3 Å². The van der Waals surface area contributed by atoms with Crippen molar-refractivity contribution in [3.05, 3.63) is 33.4 Å². The monoisotopic (exact) mass is 335 g/mol. The van der Waals surface area contributed by atoms with Crippen LogP contribution in [-0.2, 0) is 11.3 Å². The van der Waals surface area contributed by atoms with Gasteiger partial charge in [-0.25, -0.2) is 9.50 Å². The maximum Gasteiger partial charge on any atom is 0.266 e. The predicted molar refractivity (Wildman–Crippen MR) is 85.6 cm³/mol. The Labute approximate surface area is 134 Å². The molecule has 0 radical (unpaired) electrons. The number of nitrogens with one attached hydrogen (secondary N) is 3. The summed E-state index contributed by atoms with van der Waals surface area (Å²) < 4.78 is 1.63. The smallest absolute Gasteiger partial charge is 0.266 e. The van der Waals surface area contributed by atoms with E-state index in [-0.39, 0.29) is 42.8 Å². The summed E-state index contributed by atoms with van der Waals surface area (Å²) in [4.78, 5) is 27.1. The summed E-state index contributed by atoms with van der Waals surface area (Å²) in [6.07, 6.45) is 0. The average molecular weight is 336 g/mol. The van der Waals surface area contributed by atoms with Gasteiger partial charge in [0.05, 0.1) is 6.54 Å². The zero-order valence-corrected chi connectivity index (χ0v) is 13.7. The van der Waals surface area contributed by atoms with Crippen LogP contribution >= 0.6 is 24.8 Å². The van der Waals surface area contributed by atoms with Gasteiger partial charge in [0.25, 0.3) is 5.56 Å². The Bertz CT molecular complexity index is 680. The molecular weight excluding hydrogens is 317 g/mol. The summed E-state index contributed by atoms with van der Waals surface area (Å²) in [6.45, 7) is 4.41. The number of hydrogen-bond donors (Lipinski definition) is 3. The first-order valence-electron chi connectivity index (χ1n) is 6.02. The van der Waals surface area contributed by atoms with E-state index < -0.39 is 0 Å². The van der Waals surface area contributed by atoms with Gasteiger partial charge in [0.15, 0.2) is 5.65 Å². The highest BCUT2D eigenvalue weighted by Gasteiger charge is 2.11. The zero-order chi connectivity index (χ0) is 14.0. The summed E-state index contributed by atoms with van der Waals surface area (Å²) in [7, 11) is 1.72. The van der Waals surface area contributed by atoms with Crippen LogP contribution in [0.2, 0.25) is 0 Å². The van der Waals surface area contributed by atoms with Gasteiger partial charge in [-0.1, -0.05) is 0 Å². The van der Waals surface area contributed by atoms with Crippen LogP contribution in [0.15, 0.2) is 10.9 Å². The Morgan fingerprint density at radius 2 is 2.05 bits per heavy atom. The van der Waals surface area contributed by atoms with Gasteiger partial charge in [-0.2, -0.15) is 0 Å². The molecule has 0 atom stereocenters. The maximum atomic E-state index is 11.4. The quantitative estimate of drug-likeness (QED) is 0.750. The minimum absolute atomic E-state index is 0. The second kappa shape index (κ2) is 8.02. The Kier molecular flexibility index (Phi) is 7.42. The van der Waals surface area contributed by atoms with E-state index in [9.17, 15) is 9.59 Å². The molecule has 0 aliphatic carbocycles. The fourth-order valence-electron chi connectivity index (χ4n) is 2.02. The van der Waals surface area contributed by atoms with Crippen molar-refractivity contribution in [2.24, 2.45) is 0 Å². The lowest BCUT2D eigenvalue weighted by molar-refractivity contribution is -0.120. The lowest BCUT2D eigenvalue weighted by atomic mass is 10.1. The molecule has 0 saturated heterocycles. The fraction of sp³-hybridized carbons (Fsp3) is 0.417. The van der Waals surface area contributed by atoms with E-state index in [0.29, 0.717) is 12.2 Å². The predicted octanol–water partition coefficient (Wildman–Crippen LogP) is 0.319. The third-order valence-corrected chi connectivity index (χ3v) is 3.00. The molecule has 7 nitrogen and oxygen atoms in total. The minimum atomic E-state index is -0.189. The van der Waals surface area contributed by atoms with Crippen molar-refractivity contribution in [3.63, 3.8) is 0 Å². The Hall–Kier alpha value is -1.57. The average Bonchev–Trinajstić information content (AvgIpc) is 2.70. The molecule has 2 heterocycles. The fourth-order valence-corrected chi connectivity index (χ4v) is 2.02. The van der Waals surface area contributed by atoms with E-state index >= 15 is 0 Å². The van der Waals surface area contributed by atoms with Crippen molar-refractivity contribution in [2.75, 3.05) is 13.6 Å². The van der Waals surface area contributed by atoms with Crippen LogP contribution in [0.3, 0.4) is 0 Å². The van der Waals surface area contributed by atoms with Gasteiger partial charge in [-0.15, -0.1) is 24.8 Å². The molecule has 2 aromatic heterocycles. The molecule has 2 aromatic rings. The van der Waals surface area contributed by atoms with Crippen LogP contribution in [0.1, 0.15) is 17.0 Å². The Morgan fingerprint density at radius 3 is 2.67 bits per heavy atom. The summed E-state index contributed by atoms with van der Waals surface area (Å²) in [5, 5.41) is 8.27. The molecular formula is C12H19Cl2N5O2. The van der Waals surface area contributed by atoms with Crippen molar-refractivity contribution in [1.82, 2.24) is 25.2 Å². The largest absolute Gasteiger partial charge is 0.351 e. The molecule has 0 aromatic carbocycles. The lowest BCUT2D eigenvalue weighted by Crippen LogP contribution is -2.32. The molecule has 0 aliphatic rings. The number of aromatic amines is 1. The molecule has 118 valence electrons. The molecule has 0 fully saturated rings. The van der Waals surface area contributed by atoms with E-state index in [2.05, 4.69) is 20.7 Å². The summed E-state index contributed by atoms with van der Waals surface area (Å²) in [6, 6.07) is 1.45.